The Kier molecular flexibility index (Phi) is 6.85. The summed E-state index contributed by atoms with van der Waals surface area (Å²) in [7, 11) is 0. The van der Waals surface area contributed by atoms with Gasteiger partial charge in [-0.2, -0.15) is 0 Å². The molecule has 1 heterocycles. The minimum atomic E-state index is -0.458. The molecule has 7 heteroatoms. The van der Waals surface area contributed by atoms with E-state index in [1.807, 2.05) is 30.3 Å². The average molecular weight is 408 g/mol. The van der Waals surface area contributed by atoms with E-state index in [1.54, 1.807) is 42.3 Å². The highest BCUT2D eigenvalue weighted by atomic mass is 16.6. The summed E-state index contributed by atoms with van der Waals surface area (Å²) in [5.41, 5.74) is 2.45. The van der Waals surface area contributed by atoms with Gasteiger partial charge in [0.15, 0.2) is 6.61 Å². The molecule has 0 fully saturated rings. The van der Waals surface area contributed by atoms with Crippen LogP contribution in [0, 0.1) is 0 Å². The second kappa shape index (κ2) is 9.73. The first-order valence-corrected chi connectivity index (χ1v) is 9.72. The fourth-order valence-electron chi connectivity index (χ4n) is 3.31. The first kappa shape index (κ1) is 21.1. The van der Waals surface area contributed by atoms with Crippen molar-refractivity contribution in [1.82, 2.24) is 4.90 Å². The van der Waals surface area contributed by atoms with Crippen molar-refractivity contribution in [2.75, 3.05) is 18.5 Å². The Hall–Kier alpha value is -3.61. The van der Waals surface area contributed by atoms with Crippen molar-refractivity contribution in [3.8, 4) is 5.75 Å². The molecule has 0 unspecified atom stereocenters. The number of benzene rings is 2. The summed E-state index contributed by atoms with van der Waals surface area (Å²) in [6.07, 6.45) is 3.69. The molecule has 0 bridgehead atoms. The van der Waals surface area contributed by atoms with Gasteiger partial charge in [0.2, 0.25) is 11.8 Å². The Morgan fingerprint density at radius 1 is 1.10 bits per heavy atom. The SMILES string of the molecule is CCOC(=O)COc1cccc(NC(=O)C[C@H]2c3ccccc3C=CN2C(C)=O)c1. The van der Waals surface area contributed by atoms with Crippen LogP contribution in [-0.4, -0.2) is 35.9 Å². The van der Waals surface area contributed by atoms with Crippen molar-refractivity contribution in [1.29, 1.82) is 0 Å². The van der Waals surface area contributed by atoms with Gasteiger partial charge in [-0.15, -0.1) is 0 Å². The van der Waals surface area contributed by atoms with Crippen molar-refractivity contribution in [2.24, 2.45) is 0 Å². The lowest BCUT2D eigenvalue weighted by Crippen LogP contribution is -2.33. The second-order valence-corrected chi connectivity index (χ2v) is 6.76. The van der Waals surface area contributed by atoms with Crippen LogP contribution in [0.2, 0.25) is 0 Å². The molecule has 1 atom stereocenters. The summed E-state index contributed by atoms with van der Waals surface area (Å²) in [4.78, 5) is 37.8. The third kappa shape index (κ3) is 5.26. The van der Waals surface area contributed by atoms with E-state index in [1.165, 1.54) is 6.92 Å². The van der Waals surface area contributed by atoms with Gasteiger partial charge in [-0.05, 0) is 36.3 Å². The number of nitrogens with one attached hydrogen (secondary N) is 1. The maximum atomic E-state index is 12.7. The summed E-state index contributed by atoms with van der Waals surface area (Å²) < 4.78 is 10.2. The molecule has 156 valence electrons. The molecule has 0 saturated heterocycles. The van der Waals surface area contributed by atoms with E-state index < -0.39 is 5.97 Å². The van der Waals surface area contributed by atoms with Crippen molar-refractivity contribution in [3.05, 3.63) is 65.9 Å². The van der Waals surface area contributed by atoms with E-state index >= 15 is 0 Å². The molecule has 2 aromatic carbocycles. The standard InChI is InChI=1S/C23H24N2O5/c1-3-29-23(28)15-30-19-9-6-8-18(13-19)24-22(27)14-21-20-10-5-4-7-17(20)11-12-25(21)16(2)26/h4-13,21H,3,14-15H2,1-2H3,(H,24,27)/t21-/m0/s1. The molecular weight excluding hydrogens is 384 g/mol. The monoisotopic (exact) mass is 408 g/mol. The number of carbonyl (C=O) groups excluding carboxylic acids is 3. The van der Waals surface area contributed by atoms with Gasteiger partial charge in [0.25, 0.3) is 0 Å². The summed E-state index contributed by atoms with van der Waals surface area (Å²) in [5.74, 6) is -0.385. The van der Waals surface area contributed by atoms with Crippen LogP contribution in [0.3, 0.4) is 0 Å². The second-order valence-electron chi connectivity index (χ2n) is 6.76. The lowest BCUT2D eigenvalue weighted by atomic mass is 9.93. The Balaban J connectivity index is 1.67. The van der Waals surface area contributed by atoms with Crippen LogP contribution >= 0.6 is 0 Å². The predicted octanol–water partition coefficient (Wildman–Crippen LogP) is 3.53. The van der Waals surface area contributed by atoms with Gasteiger partial charge in [-0.3, -0.25) is 9.59 Å². The molecule has 0 spiro atoms. The molecular formula is C23H24N2O5. The van der Waals surface area contributed by atoms with Gasteiger partial charge in [-0.25, -0.2) is 4.79 Å². The summed E-state index contributed by atoms with van der Waals surface area (Å²) in [6, 6.07) is 14.1. The maximum absolute atomic E-state index is 12.7. The number of rotatable bonds is 7. The van der Waals surface area contributed by atoms with Crippen LogP contribution in [0.15, 0.2) is 54.7 Å². The van der Waals surface area contributed by atoms with Crippen LogP contribution in [0.1, 0.15) is 37.4 Å². The zero-order valence-corrected chi connectivity index (χ0v) is 17.0. The van der Waals surface area contributed by atoms with Crippen LogP contribution in [-0.2, 0) is 19.1 Å². The maximum Gasteiger partial charge on any atom is 0.344 e. The Morgan fingerprint density at radius 3 is 2.67 bits per heavy atom. The first-order valence-electron chi connectivity index (χ1n) is 9.72. The smallest absolute Gasteiger partial charge is 0.344 e. The third-order valence-corrected chi connectivity index (χ3v) is 4.63. The molecule has 2 amide bonds. The van der Waals surface area contributed by atoms with E-state index in [2.05, 4.69) is 5.32 Å². The van der Waals surface area contributed by atoms with Crippen molar-refractivity contribution in [3.63, 3.8) is 0 Å². The summed E-state index contributed by atoms with van der Waals surface area (Å²) >= 11 is 0. The zero-order valence-electron chi connectivity index (χ0n) is 17.0. The lowest BCUT2D eigenvalue weighted by Gasteiger charge is -2.32. The van der Waals surface area contributed by atoms with E-state index in [4.69, 9.17) is 9.47 Å². The molecule has 0 aromatic heterocycles. The Morgan fingerprint density at radius 2 is 1.90 bits per heavy atom. The minimum absolute atomic E-state index is 0.106. The summed E-state index contributed by atoms with van der Waals surface area (Å²) in [6.45, 7) is 3.29. The first-order chi connectivity index (χ1) is 14.5. The fourth-order valence-corrected chi connectivity index (χ4v) is 3.31. The molecule has 7 nitrogen and oxygen atoms in total. The number of carbonyl (C=O) groups is 3. The molecule has 1 aliphatic heterocycles. The highest BCUT2D eigenvalue weighted by Crippen LogP contribution is 2.33. The van der Waals surface area contributed by atoms with E-state index in [-0.39, 0.29) is 37.5 Å². The van der Waals surface area contributed by atoms with Crippen LogP contribution in [0.5, 0.6) is 5.75 Å². The van der Waals surface area contributed by atoms with Crippen LogP contribution in [0.25, 0.3) is 6.08 Å². The number of amides is 2. The predicted molar refractivity (Wildman–Crippen MR) is 113 cm³/mol. The van der Waals surface area contributed by atoms with Crippen LogP contribution in [0.4, 0.5) is 5.69 Å². The number of hydrogen-bond acceptors (Lipinski definition) is 5. The zero-order chi connectivity index (χ0) is 21.5. The van der Waals surface area contributed by atoms with Gasteiger partial charge < -0.3 is 19.7 Å². The highest BCUT2D eigenvalue weighted by Gasteiger charge is 2.28. The average Bonchev–Trinajstić information content (AvgIpc) is 2.73. The number of esters is 1. The van der Waals surface area contributed by atoms with Crippen molar-refractivity contribution >= 4 is 29.5 Å². The highest BCUT2D eigenvalue weighted by molar-refractivity contribution is 5.92. The summed E-state index contributed by atoms with van der Waals surface area (Å²) in [5, 5.41) is 2.84. The van der Waals surface area contributed by atoms with Crippen molar-refractivity contribution < 1.29 is 23.9 Å². The van der Waals surface area contributed by atoms with E-state index in [0.717, 1.165) is 11.1 Å². The molecule has 2 aromatic rings. The molecule has 0 aliphatic carbocycles. The molecule has 30 heavy (non-hydrogen) atoms. The van der Waals surface area contributed by atoms with Gasteiger partial charge in [0.05, 0.1) is 19.1 Å². The number of hydrogen-bond donors (Lipinski definition) is 1. The topological polar surface area (TPSA) is 84.9 Å². The van der Waals surface area contributed by atoms with Gasteiger partial charge in [-0.1, -0.05) is 30.3 Å². The third-order valence-electron chi connectivity index (χ3n) is 4.63. The molecule has 0 radical (unpaired) electrons. The van der Waals surface area contributed by atoms with Crippen LogP contribution < -0.4 is 10.1 Å². The fraction of sp³-hybridized carbons (Fsp3) is 0.261. The molecule has 1 aliphatic rings. The Bertz CT molecular complexity index is 970. The van der Waals surface area contributed by atoms with E-state index in [0.29, 0.717) is 11.4 Å². The lowest BCUT2D eigenvalue weighted by molar-refractivity contribution is -0.145. The quantitative estimate of drug-likeness (QED) is 0.709. The molecule has 3 rings (SSSR count). The van der Waals surface area contributed by atoms with Gasteiger partial charge in [0.1, 0.15) is 5.75 Å². The van der Waals surface area contributed by atoms with Gasteiger partial charge >= 0.3 is 5.97 Å². The number of ether oxygens (including phenoxy) is 2. The number of fused-ring (bicyclic) bond motifs is 1. The van der Waals surface area contributed by atoms with E-state index in [9.17, 15) is 14.4 Å². The Labute approximate surface area is 175 Å². The number of anilines is 1. The molecule has 1 N–H and O–H groups in total. The normalized spacial score (nSPS) is 14.6. The molecule has 0 saturated carbocycles. The number of nitrogens with zero attached hydrogens (tertiary/aromatic N) is 1. The van der Waals surface area contributed by atoms with Crippen molar-refractivity contribution in [2.45, 2.75) is 26.3 Å². The minimum Gasteiger partial charge on any atom is -0.482 e. The van der Waals surface area contributed by atoms with Gasteiger partial charge in [0, 0.05) is 24.9 Å². The largest absolute Gasteiger partial charge is 0.482 e.